The van der Waals surface area contributed by atoms with Crippen molar-refractivity contribution in [2.75, 3.05) is 10.6 Å². The molecule has 1 unspecified atom stereocenters. The number of para-hydroxylation sites is 2. The molecule has 0 fully saturated rings. The van der Waals surface area contributed by atoms with Crippen LogP contribution in [0.15, 0.2) is 54.7 Å². The largest absolute Gasteiger partial charge is 0.494 e. The highest BCUT2D eigenvalue weighted by Crippen LogP contribution is 2.43. The van der Waals surface area contributed by atoms with Crippen LogP contribution in [-0.4, -0.2) is 10.1 Å². The molecule has 110 valence electrons. The molecular weight excluding hydrogens is 298 g/mol. The quantitative estimate of drug-likeness (QED) is 0.530. The molecule has 5 heteroatoms. The highest BCUT2D eigenvalue weighted by Gasteiger charge is 2.26. The third-order valence-corrected chi connectivity index (χ3v) is 4.14. The van der Waals surface area contributed by atoms with Crippen LogP contribution < -0.4 is 10.6 Å². The molecule has 3 aromatic rings. The number of aromatic amines is 1. The van der Waals surface area contributed by atoms with Gasteiger partial charge in [-0.1, -0.05) is 35.9 Å². The Hall–Kier alpha value is -2.59. The minimum atomic E-state index is -0.172. The summed E-state index contributed by atoms with van der Waals surface area (Å²) in [4.78, 5) is 2.88. The van der Waals surface area contributed by atoms with Gasteiger partial charge in [-0.2, -0.15) is 0 Å². The van der Waals surface area contributed by atoms with E-state index in [1.807, 2.05) is 48.5 Å². The normalized spacial score (nSPS) is 16.0. The smallest absolute Gasteiger partial charge is 0.196 e. The molecule has 0 amide bonds. The lowest BCUT2D eigenvalue weighted by Crippen LogP contribution is -2.11. The standard InChI is InChI=1S/C17H14ClN3O/c18-11-7-5-10(6-8-11)16-15-14(9-19-17(15)22)20-12-3-1-2-4-13(12)21-16/h1-9,16,19-22H. The summed E-state index contributed by atoms with van der Waals surface area (Å²) in [6.07, 6.45) is 1.78. The van der Waals surface area contributed by atoms with Crippen molar-refractivity contribution in [1.29, 1.82) is 0 Å². The van der Waals surface area contributed by atoms with Gasteiger partial charge in [0.1, 0.15) is 0 Å². The highest BCUT2D eigenvalue weighted by molar-refractivity contribution is 6.30. The molecule has 22 heavy (non-hydrogen) atoms. The molecule has 2 heterocycles. The maximum atomic E-state index is 10.2. The van der Waals surface area contributed by atoms with E-state index in [0.29, 0.717) is 5.02 Å². The first-order valence-electron chi connectivity index (χ1n) is 7.00. The van der Waals surface area contributed by atoms with Crippen LogP contribution in [0.25, 0.3) is 0 Å². The van der Waals surface area contributed by atoms with Crippen molar-refractivity contribution in [1.82, 2.24) is 4.98 Å². The van der Waals surface area contributed by atoms with Crippen LogP contribution in [-0.2, 0) is 0 Å². The van der Waals surface area contributed by atoms with Gasteiger partial charge < -0.3 is 20.7 Å². The van der Waals surface area contributed by atoms with Crippen molar-refractivity contribution in [3.8, 4) is 5.88 Å². The molecule has 4 rings (SSSR count). The first kappa shape index (κ1) is 13.1. The van der Waals surface area contributed by atoms with Crippen molar-refractivity contribution in [2.45, 2.75) is 6.04 Å². The zero-order valence-electron chi connectivity index (χ0n) is 11.6. The Kier molecular flexibility index (Phi) is 2.98. The van der Waals surface area contributed by atoms with Crippen LogP contribution in [0.5, 0.6) is 5.88 Å². The molecule has 0 saturated heterocycles. The highest BCUT2D eigenvalue weighted by atomic mass is 35.5. The van der Waals surface area contributed by atoms with Gasteiger partial charge in [0, 0.05) is 11.2 Å². The summed E-state index contributed by atoms with van der Waals surface area (Å²) in [5.41, 5.74) is 4.63. The summed E-state index contributed by atoms with van der Waals surface area (Å²) in [6.45, 7) is 0. The lowest BCUT2D eigenvalue weighted by Gasteiger charge is -2.19. The Morgan fingerprint density at radius 1 is 0.909 bits per heavy atom. The first-order chi connectivity index (χ1) is 10.7. The molecule has 1 aliphatic rings. The van der Waals surface area contributed by atoms with Gasteiger partial charge in [0.15, 0.2) is 5.88 Å². The van der Waals surface area contributed by atoms with E-state index in [1.165, 1.54) is 0 Å². The summed E-state index contributed by atoms with van der Waals surface area (Å²) >= 11 is 5.99. The second-order valence-electron chi connectivity index (χ2n) is 5.26. The Bertz CT molecular complexity index is 826. The Morgan fingerprint density at radius 3 is 2.41 bits per heavy atom. The number of aromatic nitrogens is 1. The number of halogens is 1. The van der Waals surface area contributed by atoms with Gasteiger partial charge >= 0.3 is 0 Å². The van der Waals surface area contributed by atoms with Crippen LogP contribution in [0.2, 0.25) is 5.02 Å². The fourth-order valence-corrected chi connectivity index (χ4v) is 2.94. The molecule has 0 aliphatic carbocycles. The lowest BCUT2D eigenvalue weighted by atomic mass is 9.99. The molecule has 1 aliphatic heterocycles. The van der Waals surface area contributed by atoms with Crippen LogP contribution in [0, 0.1) is 0 Å². The topological polar surface area (TPSA) is 60.1 Å². The molecule has 2 aromatic carbocycles. The van der Waals surface area contributed by atoms with Gasteiger partial charge in [-0.3, -0.25) is 0 Å². The number of nitrogens with one attached hydrogen (secondary N) is 3. The number of H-pyrrole nitrogens is 1. The fourth-order valence-electron chi connectivity index (χ4n) is 2.82. The summed E-state index contributed by atoms with van der Waals surface area (Å²) in [5, 5.41) is 17.8. The Balaban J connectivity index is 1.89. The number of rotatable bonds is 1. The number of hydrogen-bond acceptors (Lipinski definition) is 3. The van der Waals surface area contributed by atoms with Crippen molar-refractivity contribution < 1.29 is 5.11 Å². The molecule has 0 radical (unpaired) electrons. The first-order valence-corrected chi connectivity index (χ1v) is 7.38. The van der Waals surface area contributed by atoms with Gasteiger partial charge in [-0.15, -0.1) is 0 Å². The number of fused-ring (bicyclic) bond motifs is 2. The van der Waals surface area contributed by atoms with Crippen molar-refractivity contribution in [3.05, 3.63) is 70.9 Å². The zero-order chi connectivity index (χ0) is 15.1. The summed E-state index contributed by atoms with van der Waals surface area (Å²) in [5.74, 6) is 0.155. The van der Waals surface area contributed by atoms with E-state index >= 15 is 0 Å². The van der Waals surface area contributed by atoms with Crippen LogP contribution in [0.4, 0.5) is 17.1 Å². The van der Waals surface area contributed by atoms with Crippen molar-refractivity contribution in [3.63, 3.8) is 0 Å². The number of benzene rings is 2. The van der Waals surface area contributed by atoms with Crippen LogP contribution in [0.3, 0.4) is 0 Å². The monoisotopic (exact) mass is 311 g/mol. The summed E-state index contributed by atoms with van der Waals surface area (Å²) in [6, 6.07) is 15.4. The van der Waals surface area contributed by atoms with E-state index in [0.717, 1.165) is 28.2 Å². The minimum Gasteiger partial charge on any atom is -0.494 e. The van der Waals surface area contributed by atoms with E-state index in [2.05, 4.69) is 15.6 Å². The summed E-state index contributed by atoms with van der Waals surface area (Å²) in [7, 11) is 0. The van der Waals surface area contributed by atoms with Crippen LogP contribution in [0.1, 0.15) is 17.2 Å². The average Bonchev–Trinajstić information content (AvgIpc) is 2.79. The molecule has 0 spiro atoms. The van der Waals surface area contributed by atoms with E-state index in [1.54, 1.807) is 6.20 Å². The molecule has 0 saturated carbocycles. The fraction of sp³-hybridized carbons (Fsp3) is 0.0588. The average molecular weight is 312 g/mol. The second-order valence-corrected chi connectivity index (χ2v) is 5.70. The van der Waals surface area contributed by atoms with E-state index in [-0.39, 0.29) is 11.9 Å². The SMILES string of the molecule is Oc1[nH]cc2c1C(c1ccc(Cl)cc1)Nc1ccccc1N2. The Labute approximate surface area is 132 Å². The lowest BCUT2D eigenvalue weighted by molar-refractivity contribution is 0.449. The van der Waals surface area contributed by atoms with Gasteiger partial charge in [-0.05, 0) is 29.8 Å². The predicted molar refractivity (Wildman–Crippen MR) is 89.1 cm³/mol. The predicted octanol–water partition coefficient (Wildman–Crippen LogP) is 4.63. The third kappa shape index (κ3) is 2.09. The molecule has 4 nitrogen and oxygen atoms in total. The zero-order valence-corrected chi connectivity index (χ0v) is 12.4. The van der Waals surface area contributed by atoms with Gasteiger partial charge in [-0.25, -0.2) is 0 Å². The van der Waals surface area contributed by atoms with Gasteiger partial charge in [0.25, 0.3) is 0 Å². The Morgan fingerprint density at radius 2 is 1.64 bits per heavy atom. The maximum absolute atomic E-state index is 10.2. The van der Waals surface area contributed by atoms with Crippen molar-refractivity contribution in [2.24, 2.45) is 0 Å². The molecule has 4 N–H and O–H groups in total. The van der Waals surface area contributed by atoms with E-state index in [4.69, 9.17) is 11.6 Å². The van der Waals surface area contributed by atoms with Crippen molar-refractivity contribution >= 4 is 28.7 Å². The van der Waals surface area contributed by atoms with Crippen LogP contribution >= 0.6 is 11.6 Å². The number of hydrogen-bond donors (Lipinski definition) is 4. The van der Waals surface area contributed by atoms with Gasteiger partial charge in [0.05, 0.1) is 28.7 Å². The maximum Gasteiger partial charge on any atom is 0.196 e. The second kappa shape index (κ2) is 5.00. The molecule has 1 atom stereocenters. The number of aromatic hydroxyl groups is 1. The van der Waals surface area contributed by atoms with E-state index in [9.17, 15) is 5.11 Å². The van der Waals surface area contributed by atoms with Gasteiger partial charge in [0.2, 0.25) is 0 Å². The minimum absolute atomic E-state index is 0.155. The third-order valence-electron chi connectivity index (χ3n) is 3.89. The molecule has 1 aromatic heterocycles. The number of anilines is 3. The van der Waals surface area contributed by atoms with E-state index < -0.39 is 0 Å². The molecular formula is C17H14ClN3O. The molecule has 0 bridgehead atoms. The summed E-state index contributed by atoms with van der Waals surface area (Å²) < 4.78 is 0.